The number of carbonyl (C=O) groups excluding carboxylic acids is 1. The Morgan fingerprint density at radius 2 is 1.53 bits per heavy atom. The largest absolute Gasteiger partial charge is 0.372 e. The molecule has 1 N–H and O–H groups in total. The average molecular weight is 400 g/mol. The van der Waals surface area contributed by atoms with Crippen LogP contribution in [0.15, 0.2) is 78.9 Å². The summed E-state index contributed by atoms with van der Waals surface area (Å²) in [6.45, 7) is 6.95. The molecule has 3 aromatic rings. The number of hydrogen-bond acceptors (Lipinski definition) is 3. The number of nitrogens with one attached hydrogen (secondary N) is 1. The monoisotopic (exact) mass is 399 g/mol. The number of fused-ring (bicyclic) bond motifs is 1. The zero-order chi connectivity index (χ0) is 20.9. The van der Waals surface area contributed by atoms with Crippen LogP contribution < -0.4 is 10.2 Å². The number of para-hydroxylation sites is 1. The fraction of sp³-hybridized carbons (Fsp3) is 0.269. The summed E-state index contributed by atoms with van der Waals surface area (Å²) in [5.41, 5.74) is 5.18. The SMILES string of the molecule is CCN(CC)c1ccc(C2Nc3ccccc3C(=O)N2CCc2ccccc2)cc1. The van der Waals surface area contributed by atoms with Gasteiger partial charge in [0.2, 0.25) is 0 Å². The summed E-state index contributed by atoms with van der Waals surface area (Å²) in [5, 5.41) is 3.60. The summed E-state index contributed by atoms with van der Waals surface area (Å²) < 4.78 is 0. The molecule has 0 saturated carbocycles. The first-order valence-electron chi connectivity index (χ1n) is 10.8. The van der Waals surface area contributed by atoms with Crippen LogP contribution in [0.3, 0.4) is 0 Å². The minimum atomic E-state index is -0.179. The molecule has 0 aliphatic carbocycles. The van der Waals surface area contributed by atoms with E-state index in [2.05, 4.69) is 60.5 Å². The molecule has 30 heavy (non-hydrogen) atoms. The quantitative estimate of drug-likeness (QED) is 0.582. The number of carbonyl (C=O) groups is 1. The van der Waals surface area contributed by atoms with Crippen molar-refractivity contribution in [2.75, 3.05) is 29.9 Å². The van der Waals surface area contributed by atoms with Crippen LogP contribution in [0.5, 0.6) is 0 Å². The fourth-order valence-electron chi connectivity index (χ4n) is 4.14. The van der Waals surface area contributed by atoms with Gasteiger partial charge in [-0.25, -0.2) is 0 Å². The molecule has 0 spiro atoms. The van der Waals surface area contributed by atoms with Crippen LogP contribution >= 0.6 is 0 Å². The van der Waals surface area contributed by atoms with Gasteiger partial charge in [-0.3, -0.25) is 4.79 Å². The highest BCUT2D eigenvalue weighted by Crippen LogP contribution is 2.33. The summed E-state index contributed by atoms with van der Waals surface area (Å²) in [7, 11) is 0. The molecule has 4 rings (SSSR count). The zero-order valence-corrected chi connectivity index (χ0v) is 17.7. The topological polar surface area (TPSA) is 35.6 Å². The molecule has 1 heterocycles. The van der Waals surface area contributed by atoms with Crippen molar-refractivity contribution in [1.29, 1.82) is 0 Å². The maximum atomic E-state index is 13.4. The van der Waals surface area contributed by atoms with Gasteiger partial charge in [-0.2, -0.15) is 0 Å². The van der Waals surface area contributed by atoms with E-state index in [0.717, 1.165) is 36.3 Å². The van der Waals surface area contributed by atoms with Crippen LogP contribution in [-0.2, 0) is 6.42 Å². The normalized spacial score (nSPS) is 15.5. The van der Waals surface area contributed by atoms with E-state index in [9.17, 15) is 4.79 Å². The van der Waals surface area contributed by atoms with Crippen molar-refractivity contribution >= 4 is 17.3 Å². The van der Waals surface area contributed by atoms with Crippen LogP contribution in [0.25, 0.3) is 0 Å². The third kappa shape index (κ3) is 4.04. The Labute approximate surface area is 179 Å². The molecular formula is C26H29N3O. The van der Waals surface area contributed by atoms with Gasteiger partial charge in [0.15, 0.2) is 0 Å². The second-order valence-electron chi connectivity index (χ2n) is 7.59. The maximum Gasteiger partial charge on any atom is 0.257 e. The van der Waals surface area contributed by atoms with E-state index in [1.807, 2.05) is 47.4 Å². The van der Waals surface area contributed by atoms with E-state index >= 15 is 0 Å². The molecule has 1 aliphatic rings. The minimum absolute atomic E-state index is 0.0816. The summed E-state index contributed by atoms with van der Waals surface area (Å²) in [5.74, 6) is 0.0816. The lowest BCUT2D eigenvalue weighted by Gasteiger charge is -2.38. The van der Waals surface area contributed by atoms with Gasteiger partial charge in [0.05, 0.1) is 5.56 Å². The highest BCUT2D eigenvalue weighted by molar-refractivity contribution is 6.01. The van der Waals surface area contributed by atoms with E-state index in [1.165, 1.54) is 11.3 Å². The second kappa shape index (κ2) is 9.04. The molecule has 1 aliphatic heterocycles. The molecule has 4 nitrogen and oxygen atoms in total. The predicted molar refractivity (Wildman–Crippen MR) is 124 cm³/mol. The summed E-state index contributed by atoms with van der Waals surface area (Å²) >= 11 is 0. The van der Waals surface area contributed by atoms with E-state index in [-0.39, 0.29) is 12.1 Å². The first-order valence-corrected chi connectivity index (χ1v) is 10.8. The molecule has 1 unspecified atom stereocenters. The third-order valence-electron chi connectivity index (χ3n) is 5.84. The number of amides is 1. The lowest BCUT2D eigenvalue weighted by Crippen LogP contribution is -2.44. The first-order chi connectivity index (χ1) is 14.7. The molecule has 1 amide bonds. The molecule has 0 saturated heterocycles. The fourth-order valence-corrected chi connectivity index (χ4v) is 4.14. The molecular weight excluding hydrogens is 370 g/mol. The number of anilines is 2. The van der Waals surface area contributed by atoms with Gasteiger partial charge in [0, 0.05) is 31.0 Å². The van der Waals surface area contributed by atoms with Gasteiger partial charge in [0.25, 0.3) is 5.91 Å². The van der Waals surface area contributed by atoms with Crippen molar-refractivity contribution in [2.24, 2.45) is 0 Å². The van der Waals surface area contributed by atoms with Gasteiger partial charge in [-0.15, -0.1) is 0 Å². The van der Waals surface area contributed by atoms with Gasteiger partial charge >= 0.3 is 0 Å². The summed E-state index contributed by atoms with van der Waals surface area (Å²) in [4.78, 5) is 17.7. The van der Waals surface area contributed by atoms with Crippen LogP contribution in [-0.4, -0.2) is 30.4 Å². The lowest BCUT2D eigenvalue weighted by molar-refractivity contribution is 0.0685. The molecule has 1 atom stereocenters. The summed E-state index contributed by atoms with van der Waals surface area (Å²) in [6.07, 6.45) is 0.645. The number of hydrogen-bond donors (Lipinski definition) is 1. The van der Waals surface area contributed by atoms with Crippen LogP contribution in [0.2, 0.25) is 0 Å². The molecule has 3 aromatic carbocycles. The maximum absolute atomic E-state index is 13.4. The van der Waals surface area contributed by atoms with Crippen molar-refractivity contribution in [3.05, 3.63) is 95.6 Å². The molecule has 154 valence electrons. The van der Waals surface area contributed by atoms with E-state index < -0.39 is 0 Å². The second-order valence-corrected chi connectivity index (χ2v) is 7.59. The smallest absolute Gasteiger partial charge is 0.257 e. The first kappa shape index (κ1) is 20.0. The van der Waals surface area contributed by atoms with Crippen molar-refractivity contribution < 1.29 is 4.79 Å². The highest BCUT2D eigenvalue weighted by Gasteiger charge is 2.32. The van der Waals surface area contributed by atoms with Crippen LogP contribution in [0.4, 0.5) is 11.4 Å². The van der Waals surface area contributed by atoms with Crippen molar-refractivity contribution in [3.63, 3.8) is 0 Å². The Bertz CT molecular complexity index is 981. The molecule has 4 heteroatoms. The van der Waals surface area contributed by atoms with Crippen molar-refractivity contribution in [1.82, 2.24) is 4.90 Å². The van der Waals surface area contributed by atoms with Crippen LogP contribution in [0, 0.1) is 0 Å². The van der Waals surface area contributed by atoms with Gasteiger partial charge < -0.3 is 15.1 Å². The Morgan fingerprint density at radius 3 is 2.23 bits per heavy atom. The number of rotatable bonds is 7. The van der Waals surface area contributed by atoms with Crippen molar-refractivity contribution in [3.8, 4) is 0 Å². The van der Waals surface area contributed by atoms with E-state index in [1.54, 1.807) is 0 Å². The standard InChI is InChI=1S/C26H29N3O/c1-3-28(4-2)22-16-14-21(15-17-22)25-27-24-13-9-8-12-23(24)26(30)29(25)19-18-20-10-6-5-7-11-20/h5-17,25,27H,3-4,18-19H2,1-2H3. The Morgan fingerprint density at radius 1 is 0.867 bits per heavy atom. The minimum Gasteiger partial charge on any atom is -0.372 e. The summed E-state index contributed by atoms with van der Waals surface area (Å²) in [6, 6.07) is 26.7. The van der Waals surface area contributed by atoms with Crippen molar-refractivity contribution in [2.45, 2.75) is 26.4 Å². The third-order valence-corrected chi connectivity index (χ3v) is 5.84. The predicted octanol–water partition coefficient (Wildman–Crippen LogP) is 5.34. The molecule has 0 fully saturated rings. The number of nitrogens with zero attached hydrogens (tertiary/aromatic N) is 2. The van der Waals surface area contributed by atoms with Crippen LogP contribution in [0.1, 0.15) is 41.5 Å². The number of benzene rings is 3. The average Bonchev–Trinajstić information content (AvgIpc) is 2.80. The zero-order valence-electron chi connectivity index (χ0n) is 17.7. The van der Waals surface area contributed by atoms with Gasteiger partial charge in [-0.1, -0.05) is 54.6 Å². The Hall–Kier alpha value is -3.27. The molecule has 0 radical (unpaired) electrons. The highest BCUT2D eigenvalue weighted by atomic mass is 16.2. The van der Waals surface area contributed by atoms with E-state index in [4.69, 9.17) is 0 Å². The molecule has 0 aromatic heterocycles. The Kier molecular flexibility index (Phi) is 6.03. The van der Waals surface area contributed by atoms with Gasteiger partial charge in [-0.05, 0) is 55.7 Å². The molecule has 0 bridgehead atoms. The van der Waals surface area contributed by atoms with Gasteiger partial charge in [0.1, 0.15) is 6.17 Å². The Balaban J connectivity index is 1.63. The lowest BCUT2D eigenvalue weighted by atomic mass is 10.0. The van der Waals surface area contributed by atoms with E-state index in [0.29, 0.717) is 6.54 Å².